The van der Waals surface area contributed by atoms with Crippen LogP contribution in [0.5, 0.6) is 5.88 Å². The molecule has 8 nitrogen and oxygen atoms in total. The Labute approximate surface area is 207 Å². The quantitative estimate of drug-likeness (QED) is 0.460. The molecule has 1 aliphatic carbocycles. The van der Waals surface area contributed by atoms with Crippen LogP contribution in [-0.4, -0.2) is 52.2 Å². The van der Waals surface area contributed by atoms with Gasteiger partial charge in [0.15, 0.2) is 0 Å². The van der Waals surface area contributed by atoms with Gasteiger partial charge in [0.1, 0.15) is 18.1 Å². The maximum absolute atomic E-state index is 14.5. The predicted molar refractivity (Wildman–Crippen MR) is 131 cm³/mol. The average Bonchev–Trinajstić information content (AvgIpc) is 3.52. The summed E-state index contributed by atoms with van der Waals surface area (Å²) in [6, 6.07) is 9.52. The molecule has 5 rings (SSSR count). The lowest BCUT2D eigenvalue weighted by Gasteiger charge is -2.17. The molecule has 3 aromatic rings. The Kier molecular flexibility index (Phi) is 6.53. The van der Waals surface area contributed by atoms with Crippen LogP contribution in [0.2, 0.25) is 5.02 Å². The van der Waals surface area contributed by atoms with E-state index in [4.69, 9.17) is 22.1 Å². The zero-order chi connectivity index (χ0) is 24.4. The van der Waals surface area contributed by atoms with Crippen molar-refractivity contribution in [3.05, 3.63) is 59.1 Å². The number of nitrogens with two attached hydrogens (primary N) is 1. The molecule has 0 radical (unpaired) electrons. The molecule has 1 saturated heterocycles. The first-order valence-electron chi connectivity index (χ1n) is 11.7. The van der Waals surface area contributed by atoms with E-state index in [1.54, 1.807) is 24.4 Å². The van der Waals surface area contributed by atoms with Crippen molar-refractivity contribution in [2.45, 2.75) is 31.1 Å². The molecule has 2 aliphatic rings. The van der Waals surface area contributed by atoms with Gasteiger partial charge in [-0.2, -0.15) is 0 Å². The standard InChI is InChI=1S/C25H26ClFN6O2/c26-16-3-4-19(27)18(13-16)20-15-21(23(32-31-20)35-12-11-33-9-1-2-10-33)30-17-5-8-29-22(14-17)25(6-7-25)24(28)34/h3-5,8,13-15H,1-2,6-7,9-12H2,(H2,28,34)(H,29,30,31). The van der Waals surface area contributed by atoms with Gasteiger partial charge in [0.05, 0.1) is 16.8 Å². The van der Waals surface area contributed by atoms with Gasteiger partial charge in [-0.3, -0.25) is 14.7 Å². The van der Waals surface area contributed by atoms with Crippen molar-refractivity contribution >= 4 is 28.9 Å². The molecule has 0 unspecified atom stereocenters. The Bertz CT molecular complexity index is 1250. The number of anilines is 2. The number of hydrogen-bond donors (Lipinski definition) is 2. The Balaban J connectivity index is 1.44. The zero-order valence-electron chi connectivity index (χ0n) is 19.1. The zero-order valence-corrected chi connectivity index (χ0v) is 19.9. The van der Waals surface area contributed by atoms with Crippen LogP contribution >= 0.6 is 11.6 Å². The highest BCUT2D eigenvalue weighted by atomic mass is 35.5. The molecule has 1 aliphatic heterocycles. The highest BCUT2D eigenvalue weighted by Crippen LogP contribution is 2.47. The number of hydrogen-bond acceptors (Lipinski definition) is 7. The number of pyridine rings is 1. The minimum Gasteiger partial charge on any atom is -0.474 e. The molecule has 0 bridgehead atoms. The fraction of sp³-hybridized carbons (Fsp3) is 0.360. The lowest BCUT2D eigenvalue weighted by atomic mass is 10.0. The number of nitrogens with zero attached hydrogens (tertiary/aromatic N) is 4. The van der Waals surface area contributed by atoms with E-state index in [0.29, 0.717) is 53.1 Å². The summed E-state index contributed by atoms with van der Waals surface area (Å²) >= 11 is 6.09. The van der Waals surface area contributed by atoms with Crippen LogP contribution in [-0.2, 0) is 10.2 Å². The van der Waals surface area contributed by atoms with Crippen molar-refractivity contribution in [3.8, 4) is 17.1 Å². The third-order valence-electron chi connectivity index (χ3n) is 6.56. The predicted octanol–water partition coefficient (Wildman–Crippen LogP) is 4.07. The van der Waals surface area contributed by atoms with Crippen molar-refractivity contribution in [1.82, 2.24) is 20.1 Å². The fourth-order valence-corrected chi connectivity index (χ4v) is 4.53. The maximum atomic E-state index is 14.5. The first kappa shape index (κ1) is 23.4. The lowest BCUT2D eigenvalue weighted by Crippen LogP contribution is -2.29. The Morgan fingerprint density at radius 3 is 2.71 bits per heavy atom. The number of halogens is 2. The SMILES string of the molecule is NC(=O)C1(c2cc(Nc3cc(-c4cc(Cl)ccc4F)nnc3OCCN3CCCC3)ccn2)CC1. The van der Waals surface area contributed by atoms with Gasteiger partial charge >= 0.3 is 0 Å². The van der Waals surface area contributed by atoms with E-state index in [1.165, 1.54) is 31.0 Å². The normalized spacial score (nSPS) is 16.7. The van der Waals surface area contributed by atoms with Crippen LogP contribution in [0.3, 0.4) is 0 Å². The van der Waals surface area contributed by atoms with E-state index < -0.39 is 11.2 Å². The van der Waals surface area contributed by atoms with Gasteiger partial charge in [0, 0.05) is 29.0 Å². The molecule has 1 saturated carbocycles. The van der Waals surface area contributed by atoms with Crippen molar-refractivity contribution in [3.63, 3.8) is 0 Å². The largest absolute Gasteiger partial charge is 0.474 e. The molecule has 2 aromatic heterocycles. The van der Waals surface area contributed by atoms with Gasteiger partial charge in [-0.05, 0) is 75.2 Å². The molecular weight excluding hydrogens is 471 g/mol. The van der Waals surface area contributed by atoms with Crippen LogP contribution in [0.15, 0.2) is 42.6 Å². The maximum Gasteiger partial charge on any atom is 0.257 e. The second-order valence-electron chi connectivity index (χ2n) is 8.97. The summed E-state index contributed by atoms with van der Waals surface area (Å²) in [5.74, 6) is -0.539. The van der Waals surface area contributed by atoms with Crippen LogP contribution in [0.25, 0.3) is 11.3 Å². The van der Waals surface area contributed by atoms with Crippen LogP contribution in [0.4, 0.5) is 15.8 Å². The van der Waals surface area contributed by atoms with Crippen molar-refractivity contribution < 1.29 is 13.9 Å². The molecule has 1 amide bonds. The number of nitrogens with one attached hydrogen (secondary N) is 1. The summed E-state index contributed by atoms with van der Waals surface area (Å²) in [7, 11) is 0. The number of carbonyl (C=O) groups is 1. The van der Waals surface area contributed by atoms with E-state index in [1.807, 2.05) is 0 Å². The highest BCUT2D eigenvalue weighted by Gasteiger charge is 2.51. The summed E-state index contributed by atoms with van der Waals surface area (Å²) < 4.78 is 20.5. The number of ether oxygens (including phenoxy) is 1. The van der Waals surface area contributed by atoms with Crippen molar-refractivity contribution in [2.24, 2.45) is 5.73 Å². The van der Waals surface area contributed by atoms with E-state index in [9.17, 15) is 9.18 Å². The number of carbonyl (C=O) groups excluding carboxylic acids is 1. The first-order chi connectivity index (χ1) is 16.9. The second kappa shape index (κ2) is 9.75. The van der Waals surface area contributed by atoms with E-state index in [2.05, 4.69) is 25.4 Å². The smallest absolute Gasteiger partial charge is 0.257 e. The molecule has 2 fully saturated rings. The van der Waals surface area contributed by atoms with Gasteiger partial charge in [0.25, 0.3) is 5.88 Å². The summed E-state index contributed by atoms with van der Waals surface area (Å²) in [4.78, 5) is 18.7. The fourth-order valence-electron chi connectivity index (χ4n) is 4.36. The third kappa shape index (κ3) is 5.06. The first-order valence-corrected chi connectivity index (χ1v) is 12.0. The molecule has 3 N–H and O–H groups in total. The molecule has 10 heteroatoms. The minimum absolute atomic E-state index is 0.234. The van der Waals surface area contributed by atoms with E-state index >= 15 is 0 Å². The van der Waals surface area contributed by atoms with Gasteiger partial charge < -0.3 is 15.8 Å². The highest BCUT2D eigenvalue weighted by molar-refractivity contribution is 6.30. The van der Waals surface area contributed by atoms with Crippen LogP contribution < -0.4 is 15.8 Å². The molecule has 0 spiro atoms. The molecule has 35 heavy (non-hydrogen) atoms. The summed E-state index contributed by atoms with van der Waals surface area (Å²) in [5.41, 5.74) is 7.26. The van der Waals surface area contributed by atoms with E-state index in [-0.39, 0.29) is 11.5 Å². The molecule has 1 aromatic carbocycles. The van der Waals surface area contributed by atoms with Gasteiger partial charge in [-0.25, -0.2) is 4.39 Å². The van der Waals surface area contributed by atoms with Crippen molar-refractivity contribution in [2.75, 3.05) is 31.6 Å². The summed E-state index contributed by atoms with van der Waals surface area (Å²) in [5, 5.41) is 12.1. The number of aromatic nitrogens is 3. The number of rotatable bonds is 9. The Morgan fingerprint density at radius 2 is 1.97 bits per heavy atom. The second-order valence-corrected chi connectivity index (χ2v) is 9.41. The molecular formula is C25H26ClFN6O2. The monoisotopic (exact) mass is 496 g/mol. The average molecular weight is 497 g/mol. The summed E-state index contributed by atoms with van der Waals surface area (Å²) in [6.07, 6.45) is 5.38. The molecule has 0 atom stereocenters. The van der Waals surface area contributed by atoms with E-state index in [0.717, 1.165) is 19.6 Å². The molecule has 182 valence electrons. The number of primary amides is 1. The topological polar surface area (TPSA) is 106 Å². The van der Waals surface area contributed by atoms with Crippen LogP contribution in [0.1, 0.15) is 31.4 Å². The summed E-state index contributed by atoms with van der Waals surface area (Å²) in [6.45, 7) is 3.36. The number of likely N-dealkylation sites (tertiary alicyclic amines) is 1. The Hall–Kier alpha value is -3.30. The van der Waals surface area contributed by atoms with Gasteiger partial charge in [0.2, 0.25) is 5.91 Å². The van der Waals surface area contributed by atoms with Gasteiger partial charge in [-0.1, -0.05) is 11.6 Å². The van der Waals surface area contributed by atoms with Crippen molar-refractivity contribution in [1.29, 1.82) is 0 Å². The van der Waals surface area contributed by atoms with Crippen LogP contribution in [0, 0.1) is 5.82 Å². The number of benzene rings is 1. The minimum atomic E-state index is -0.710. The molecule has 3 heterocycles. The number of amides is 1. The van der Waals surface area contributed by atoms with Gasteiger partial charge in [-0.15, -0.1) is 10.2 Å². The third-order valence-corrected chi connectivity index (χ3v) is 6.80. The Morgan fingerprint density at radius 1 is 1.17 bits per heavy atom. The lowest BCUT2D eigenvalue weighted by molar-refractivity contribution is -0.120.